The molecule has 1 unspecified atom stereocenters. The Morgan fingerprint density at radius 2 is 2.20 bits per heavy atom. The van der Waals surface area contributed by atoms with E-state index in [0.29, 0.717) is 0 Å². The van der Waals surface area contributed by atoms with Crippen LogP contribution in [0.25, 0.3) is 0 Å². The van der Waals surface area contributed by atoms with E-state index in [1.807, 2.05) is 5.38 Å². The number of ether oxygens (including phenoxy) is 1. The molecule has 1 aromatic heterocycles. The first-order valence-corrected chi connectivity index (χ1v) is 7.61. The number of carboxylic acids is 1. The number of fused-ring (bicyclic) bond motifs is 1. The number of nitrogens with one attached hydrogen (secondary N) is 1. The second kappa shape index (κ2) is 6.85. The molecule has 20 heavy (non-hydrogen) atoms. The third-order valence-electron chi connectivity index (χ3n) is 3.53. The largest absolute Gasteiger partial charge is 0.481 e. The lowest BCUT2D eigenvalue weighted by Crippen LogP contribution is -2.34. The molecule has 0 saturated carbocycles. The Morgan fingerprint density at radius 3 is 2.90 bits per heavy atom. The minimum Gasteiger partial charge on any atom is -0.481 e. The molecular weight excluding hydrogens is 278 g/mol. The number of methoxy groups -OCH3 is 1. The second-order valence-corrected chi connectivity index (χ2v) is 5.89. The number of rotatable bonds is 6. The van der Waals surface area contributed by atoms with Gasteiger partial charge in [0.25, 0.3) is 5.91 Å². The molecule has 0 aromatic carbocycles. The monoisotopic (exact) mass is 297 g/mol. The van der Waals surface area contributed by atoms with E-state index in [1.54, 1.807) is 11.3 Å². The second-order valence-electron chi connectivity index (χ2n) is 4.92. The molecule has 6 heteroatoms. The van der Waals surface area contributed by atoms with Crippen LogP contribution in [-0.4, -0.2) is 36.7 Å². The van der Waals surface area contributed by atoms with Crippen molar-refractivity contribution in [3.05, 3.63) is 21.4 Å². The molecule has 2 N–H and O–H groups in total. The smallest absolute Gasteiger partial charge is 0.306 e. The summed E-state index contributed by atoms with van der Waals surface area (Å²) in [6.07, 6.45) is 3.74. The Balaban J connectivity index is 1.95. The van der Waals surface area contributed by atoms with Gasteiger partial charge in [0.2, 0.25) is 0 Å². The van der Waals surface area contributed by atoms with Crippen LogP contribution < -0.4 is 5.32 Å². The molecule has 0 saturated heterocycles. The molecule has 1 aromatic rings. The fourth-order valence-electron chi connectivity index (χ4n) is 2.42. The van der Waals surface area contributed by atoms with Crippen LogP contribution in [0.15, 0.2) is 5.38 Å². The van der Waals surface area contributed by atoms with Crippen molar-refractivity contribution in [2.24, 2.45) is 0 Å². The van der Waals surface area contributed by atoms with E-state index in [9.17, 15) is 9.59 Å². The maximum atomic E-state index is 12.2. The Morgan fingerprint density at radius 1 is 1.45 bits per heavy atom. The summed E-state index contributed by atoms with van der Waals surface area (Å²) in [5, 5.41) is 13.4. The Labute approximate surface area is 121 Å². The van der Waals surface area contributed by atoms with E-state index in [0.717, 1.165) is 24.8 Å². The molecule has 1 heterocycles. The van der Waals surface area contributed by atoms with Crippen molar-refractivity contribution in [2.75, 3.05) is 13.7 Å². The molecule has 0 bridgehead atoms. The highest BCUT2D eigenvalue weighted by molar-refractivity contribution is 7.10. The minimum absolute atomic E-state index is 0.113. The molecular formula is C14H19NO4S. The van der Waals surface area contributed by atoms with E-state index in [1.165, 1.54) is 24.0 Å². The molecule has 1 aliphatic rings. The Kier molecular flexibility index (Phi) is 5.14. The number of hydrogen-bond donors (Lipinski definition) is 2. The van der Waals surface area contributed by atoms with Crippen molar-refractivity contribution in [1.82, 2.24) is 5.32 Å². The standard InChI is InChI=1S/C14H19NO4S/c1-19-9(6-13(16)17)7-15-14(18)11-8-20-12-5-3-2-4-10(11)12/h8-9H,2-7H2,1H3,(H,15,18)(H,16,17). The van der Waals surface area contributed by atoms with Crippen LogP contribution >= 0.6 is 11.3 Å². The molecule has 1 atom stereocenters. The quantitative estimate of drug-likeness (QED) is 0.840. The van der Waals surface area contributed by atoms with Crippen LogP contribution in [0.2, 0.25) is 0 Å². The lowest BCUT2D eigenvalue weighted by molar-refractivity contribution is -0.139. The van der Waals surface area contributed by atoms with E-state index >= 15 is 0 Å². The average Bonchev–Trinajstić information content (AvgIpc) is 2.86. The summed E-state index contributed by atoms with van der Waals surface area (Å²) in [4.78, 5) is 24.1. The number of hydrogen-bond acceptors (Lipinski definition) is 4. The van der Waals surface area contributed by atoms with Gasteiger partial charge in [-0.3, -0.25) is 9.59 Å². The minimum atomic E-state index is -0.931. The lowest BCUT2D eigenvalue weighted by atomic mass is 9.95. The van der Waals surface area contributed by atoms with Gasteiger partial charge in [0.05, 0.1) is 18.1 Å². The van der Waals surface area contributed by atoms with Crippen molar-refractivity contribution in [2.45, 2.75) is 38.2 Å². The zero-order chi connectivity index (χ0) is 14.5. The molecule has 0 fully saturated rings. The Bertz CT molecular complexity index is 497. The molecule has 1 amide bonds. The van der Waals surface area contributed by atoms with E-state index in [-0.39, 0.29) is 18.9 Å². The summed E-state index contributed by atoms with van der Waals surface area (Å²) in [5.74, 6) is -1.06. The molecule has 0 radical (unpaired) electrons. The molecule has 0 spiro atoms. The van der Waals surface area contributed by atoms with E-state index < -0.39 is 12.1 Å². The number of aryl methyl sites for hydroxylation is 1. The van der Waals surface area contributed by atoms with Gasteiger partial charge < -0.3 is 15.2 Å². The fourth-order valence-corrected chi connectivity index (χ4v) is 3.55. The first-order valence-electron chi connectivity index (χ1n) is 6.74. The van der Waals surface area contributed by atoms with Gasteiger partial charge >= 0.3 is 5.97 Å². The summed E-state index contributed by atoms with van der Waals surface area (Å²) in [6.45, 7) is 0.215. The SMILES string of the molecule is COC(CNC(=O)c1csc2c1CCCC2)CC(=O)O. The van der Waals surface area contributed by atoms with Crippen LogP contribution in [0.4, 0.5) is 0 Å². The zero-order valence-corrected chi connectivity index (χ0v) is 12.3. The molecule has 0 aliphatic heterocycles. The van der Waals surface area contributed by atoms with Gasteiger partial charge in [0.15, 0.2) is 0 Å². The van der Waals surface area contributed by atoms with Gasteiger partial charge in [-0.1, -0.05) is 0 Å². The number of carboxylic acid groups (broad SMARTS) is 1. The fraction of sp³-hybridized carbons (Fsp3) is 0.571. The highest BCUT2D eigenvalue weighted by Crippen LogP contribution is 2.30. The summed E-state index contributed by atoms with van der Waals surface area (Å²) in [6, 6.07) is 0. The lowest BCUT2D eigenvalue weighted by Gasteiger charge is -2.15. The van der Waals surface area contributed by atoms with E-state index in [4.69, 9.17) is 9.84 Å². The first kappa shape index (κ1) is 15.0. The maximum absolute atomic E-state index is 12.2. The summed E-state index contributed by atoms with van der Waals surface area (Å²) in [5.41, 5.74) is 1.92. The number of thiophene rings is 1. The van der Waals surface area contributed by atoms with Gasteiger partial charge in [0, 0.05) is 23.9 Å². The zero-order valence-electron chi connectivity index (χ0n) is 11.5. The summed E-state index contributed by atoms with van der Waals surface area (Å²) < 4.78 is 5.05. The third kappa shape index (κ3) is 3.58. The van der Waals surface area contributed by atoms with Crippen LogP contribution in [-0.2, 0) is 22.4 Å². The van der Waals surface area contributed by atoms with Crippen LogP contribution in [0.3, 0.4) is 0 Å². The number of amides is 1. The number of aliphatic carboxylic acids is 1. The van der Waals surface area contributed by atoms with Gasteiger partial charge in [0.1, 0.15) is 0 Å². The van der Waals surface area contributed by atoms with E-state index in [2.05, 4.69) is 5.32 Å². The Hall–Kier alpha value is -1.40. The summed E-state index contributed by atoms with van der Waals surface area (Å²) in [7, 11) is 1.45. The highest BCUT2D eigenvalue weighted by Gasteiger charge is 2.21. The molecule has 110 valence electrons. The molecule has 2 rings (SSSR count). The van der Waals surface area contributed by atoms with Crippen molar-refractivity contribution in [1.29, 1.82) is 0 Å². The van der Waals surface area contributed by atoms with Gasteiger partial charge in [-0.25, -0.2) is 0 Å². The highest BCUT2D eigenvalue weighted by atomic mass is 32.1. The van der Waals surface area contributed by atoms with Crippen molar-refractivity contribution < 1.29 is 19.4 Å². The number of carbonyl (C=O) groups is 2. The maximum Gasteiger partial charge on any atom is 0.306 e. The van der Waals surface area contributed by atoms with Crippen molar-refractivity contribution in [3.63, 3.8) is 0 Å². The predicted octanol–water partition coefficient (Wildman–Crippen LogP) is 1.85. The van der Waals surface area contributed by atoms with Crippen LogP contribution in [0.5, 0.6) is 0 Å². The normalized spacial score (nSPS) is 15.4. The summed E-state index contributed by atoms with van der Waals surface area (Å²) >= 11 is 1.64. The first-order chi connectivity index (χ1) is 9.61. The molecule has 1 aliphatic carbocycles. The van der Waals surface area contributed by atoms with Crippen LogP contribution in [0, 0.1) is 0 Å². The van der Waals surface area contributed by atoms with Crippen molar-refractivity contribution in [3.8, 4) is 0 Å². The topological polar surface area (TPSA) is 75.6 Å². The average molecular weight is 297 g/mol. The predicted molar refractivity (Wildman–Crippen MR) is 76.3 cm³/mol. The third-order valence-corrected chi connectivity index (χ3v) is 4.62. The van der Waals surface area contributed by atoms with Crippen molar-refractivity contribution >= 4 is 23.2 Å². The number of carbonyl (C=O) groups excluding carboxylic acids is 1. The van der Waals surface area contributed by atoms with Gasteiger partial charge in [-0.05, 0) is 31.2 Å². The van der Waals surface area contributed by atoms with Crippen LogP contribution in [0.1, 0.15) is 40.1 Å². The molecule has 5 nitrogen and oxygen atoms in total. The van der Waals surface area contributed by atoms with Gasteiger partial charge in [-0.2, -0.15) is 0 Å². The van der Waals surface area contributed by atoms with Gasteiger partial charge in [-0.15, -0.1) is 11.3 Å².